The van der Waals surface area contributed by atoms with Crippen LogP contribution in [-0.2, 0) is 9.47 Å². The average molecular weight is 288 g/mol. The highest BCUT2D eigenvalue weighted by Crippen LogP contribution is 2.30. The molecule has 0 N–H and O–H groups in total. The van der Waals surface area contributed by atoms with E-state index in [1.807, 2.05) is 55.5 Å². The Bertz CT molecular complexity index is 593. The molecule has 0 heterocycles. The molecular formula is C16H16O3S. The third-order valence-electron chi connectivity index (χ3n) is 2.98. The second-order valence-corrected chi connectivity index (χ2v) is 4.90. The van der Waals surface area contributed by atoms with Gasteiger partial charge in [-0.05, 0) is 18.6 Å². The fraction of sp³-hybridized carbons (Fsp3) is 0.188. The summed E-state index contributed by atoms with van der Waals surface area (Å²) in [5.41, 5.74) is 2.84. The number of aryl methyl sites for hydroxylation is 1. The Morgan fingerprint density at radius 3 is 2.35 bits per heavy atom. The van der Waals surface area contributed by atoms with Gasteiger partial charge in [0.1, 0.15) is 0 Å². The van der Waals surface area contributed by atoms with Gasteiger partial charge in [-0.2, -0.15) is 0 Å². The quantitative estimate of drug-likeness (QED) is 0.680. The number of hydrogen-bond acceptors (Lipinski definition) is 4. The monoisotopic (exact) mass is 288 g/mol. The minimum absolute atomic E-state index is 0.531. The summed E-state index contributed by atoms with van der Waals surface area (Å²) < 4.78 is 9.98. The number of thiol groups is 1. The summed E-state index contributed by atoms with van der Waals surface area (Å²) in [6.07, 6.45) is -1.25. The van der Waals surface area contributed by atoms with Crippen molar-refractivity contribution in [2.75, 3.05) is 7.11 Å². The van der Waals surface area contributed by atoms with Gasteiger partial charge in [-0.1, -0.05) is 48.0 Å². The molecule has 0 bridgehead atoms. The number of carbonyl (C=O) groups excluding carboxylic acids is 1. The van der Waals surface area contributed by atoms with Crippen LogP contribution in [-0.4, -0.2) is 13.3 Å². The van der Waals surface area contributed by atoms with E-state index in [2.05, 4.69) is 17.4 Å². The maximum Gasteiger partial charge on any atom is 0.508 e. The zero-order valence-corrected chi connectivity index (χ0v) is 12.3. The standard InChI is InChI=1S/C16H16O3S/c1-11-7-9-12(10-8-11)15(19-16(17)18-2)13-5-3-4-6-14(13)20/h3-10,15,20H,1-2H3. The largest absolute Gasteiger partial charge is 0.508 e. The fourth-order valence-corrected chi connectivity index (χ4v) is 2.18. The van der Waals surface area contributed by atoms with E-state index in [-0.39, 0.29) is 0 Å². The summed E-state index contributed by atoms with van der Waals surface area (Å²) in [6, 6.07) is 15.3. The minimum atomic E-state index is -0.716. The van der Waals surface area contributed by atoms with Crippen LogP contribution in [0.2, 0.25) is 0 Å². The SMILES string of the molecule is COC(=O)OC(c1ccc(C)cc1)c1ccccc1S. The van der Waals surface area contributed by atoms with Gasteiger partial charge in [-0.3, -0.25) is 0 Å². The smallest absolute Gasteiger partial charge is 0.438 e. The average Bonchev–Trinajstić information content (AvgIpc) is 2.46. The van der Waals surface area contributed by atoms with Crippen LogP contribution in [0.25, 0.3) is 0 Å². The van der Waals surface area contributed by atoms with Gasteiger partial charge in [-0.25, -0.2) is 4.79 Å². The maximum atomic E-state index is 11.5. The Hall–Kier alpha value is -1.94. The molecule has 1 unspecified atom stereocenters. The minimum Gasteiger partial charge on any atom is -0.438 e. The van der Waals surface area contributed by atoms with Crippen LogP contribution in [0.15, 0.2) is 53.4 Å². The summed E-state index contributed by atoms with van der Waals surface area (Å²) >= 11 is 4.43. The van der Waals surface area contributed by atoms with Crippen LogP contribution in [0.1, 0.15) is 22.8 Å². The highest BCUT2D eigenvalue weighted by molar-refractivity contribution is 7.80. The second-order valence-electron chi connectivity index (χ2n) is 4.42. The van der Waals surface area contributed by atoms with Crippen LogP contribution >= 0.6 is 12.6 Å². The van der Waals surface area contributed by atoms with Gasteiger partial charge in [0.2, 0.25) is 0 Å². The van der Waals surface area contributed by atoms with Gasteiger partial charge in [0.05, 0.1) is 7.11 Å². The first-order chi connectivity index (χ1) is 9.61. The van der Waals surface area contributed by atoms with Crippen LogP contribution < -0.4 is 0 Å². The lowest BCUT2D eigenvalue weighted by Crippen LogP contribution is -2.13. The molecule has 0 saturated carbocycles. The zero-order valence-electron chi connectivity index (χ0n) is 11.4. The van der Waals surface area contributed by atoms with E-state index >= 15 is 0 Å². The van der Waals surface area contributed by atoms with Gasteiger partial charge >= 0.3 is 6.16 Å². The molecule has 2 aromatic carbocycles. The number of ether oxygens (including phenoxy) is 2. The zero-order chi connectivity index (χ0) is 14.5. The normalized spacial score (nSPS) is 11.8. The number of methoxy groups -OCH3 is 1. The predicted molar refractivity (Wildman–Crippen MR) is 80.2 cm³/mol. The Morgan fingerprint density at radius 2 is 1.75 bits per heavy atom. The Morgan fingerprint density at radius 1 is 1.10 bits per heavy atom. The molecule has 2 aromatic rings. The molecule has 0 aliphatic heterocycles. The predicted octanol–water partition coefficient (Wildman–Crippen LogP) is 4.16. The molecule has 2 rings (SSSR count). The molecule has 4 heteroatoms. The molecule has 104 valence electrons. The van der Waals surface area contributed by atoms with E-state index in [9.17, 15) is 4.79 Å². The lowest BCUT2D eigenvalue weighted by atomic mass is 10.0. The van der Waals surface area contributed by atoms with Crippen molar-refractivity contribution >= 4 is 18.8 Å². The third kappa shape index (κ3) is 3.33. The number of hydrogen-bond donors (Lipinski definition) is 1. The Labute approximate surface area is 123 Å². The molecule has 1 atom stereocenters. The van der Waals surface area contributed by atoms with Crippen LogP contribution in [0, 0.1) is 6.92 Å². The van der Waals surface area contributed by atoms with Crippen LogP contribution in [0.5, 0.6) is 0 Å². The molecule has 0 aliphatic carbocycles. The summed E-state index contributed by atoms with van der Waals surface area (Å²) in [4.78, 5) is 12.2. The first-order valence-corrected chi connectivity index (χ1v) is 6.65. The highest BCUT2D eigenvalue weighted by Gasteiger charge is 2.21. The van der Waals surface area contributed by atoms with Gasteiger partial charge in [0, 0.05) is 10.5 Å². The van der Waals surface area contributed by atoms with Crippen molar-refractivity contribution in [1.29, 1.82) is 0 Å². The molecular weight excluding hydrogens is 272 g/mol. The lowest BCUT2D eigenvalue weighted by molar-refractivity contribution is 0.0490. The molecule has 3 nitrogen and oxygen atoms in total. The molecule has 0 saturated heterocycles. The van der Waals surface area contributed by atoms with Crippen molar-refractivity contribution in [2.45, 2.75) is 17.9 Å². The van der Waals surface area contributed by atoms with Gasteiger partial charge < -0.3 is 9.47 Å². The molecule has 0 amide bonds. The Balaban J connectivity index is 2.42. The van der Waals surface area contributed by atoms with Crippen molar-refractivity contribution < 1.29 is 14.3 Å². The summed E-state index contributed by atoms with van der Waals surface area (Å²) in [5, 5.41) is 0. The third-order valence-corrected chi connectivity index (χ3v) is 3.39. The van der Waals surface area contributed by atoms with E-state index < -0.39 is 12.3 Å². The lowest BCUT2D eigenvalue weighted by Gasteiger charge is -2.19. The summed E-state index contributed by atoms with van der Waals surface area (Å²) in [5.74, 6) is 0. The molecule has 0 aromatic heterocycles. The van der Waals surface area contributed by atoms with Crippen molar-refractivity contribution in [2.24, 2.45) is 0 Å². The summed E-state index contributed by atoms with van der Waals surface area (Å²) in [7, 11) is 1.29. The van der Waals surface area contributed by atoms with E-state index in [1.165, 1.54) is 7.11 Å². The van der Waals surface area contributed by atoms with Gasteiger partial charge in [-0.15, -0.1) is 12.6 Å². The van der Waals surface area contributed by atoms with Crippen molar-refractivity contribution in [3.8, 4) is 0 Å². The van der Waals surface area contributed by atoms with Gasteiger partial charge in [0.25, 0.3) is 0 Å². The number of rotatable bonds is 3. The molecule has 0 radical (unpaired) electrons. The van der Waals surface area contributed by atoms with E-state index in [4.69, 9.17) is 4.74 Å². The Kier molecular flexibility index (Phi) is 4.69. The van der Waals surface area contributed by atoms with E-state index in [0.29, 0.717) is 0 Å². The van der Waals surface area contributed by atoms with Crippen molar-refractivity contribution in [1.82, 2.24) is 0 Å². The van der Waals surface area contributed by atoms with Crippen LogP contribution in [0.4, 0.5) is 4.79 Å². The molecule has 0 aliphatic rings. The number of carbonyl (C=O) groups is 1. The highest BCUT2D eigenvalue weighted by atomic mass is 32.1. The topological polar surface area (TPSA) is 35.5 Å². The second kappa shape index (κ2) is 6.48. The fourth-order valence-electron chi connectivity index (χ4n) is 1.91. The first-order valence-electron chi connectivity index (χ1n) is 6.21. The number of benzene rings is 2. The van der Waals surface area contributed by atoms with Crippen molar-refractivity contribution in [3.63, 3.8) is 0 Å². The molecule has 0 spiro atoms. The first kappa shape index (κ1) is 14.5. The summed E-state index contributed by atoms with van der Waals surface area (Å²) in [6.45, 7) is 2.01. The van der Waals surface area contributed by atoms with E-state index in [1.54, 1.807) is 0 Å². The maximum absolute atomic E-state index is 11.5. The molecule has 0 fully saturated rings. The van der Waals surface area contributed by atoms with Crippen LogP contribution in [0.3, 0.4) is 0 Å². The van der Waals surface area contributed by atoms with Gasteiger partial charge in [0.15, 0.2) is 6.10 Å². The van der Waals surface area contributed by atoms with E-state index in [0.717, 1.165) is 21.6 Å². The van der Waals surface area contributed by atoms with Crippen molar-refractivity contribution in [3.05, 3.63) is 65.2 Å². The molecule has 20 heavy (non-hydrogen) atoms.